The van der Waals surface area contributed by atoms with E-state index in [1.807, 2.05) is 7.05 Å². The van der Waals surface area contributed by atoms with Gasteiger partial charge in [0.15, 0.2) is 0 Å². The first kappa shape index (κ1) is 15.4. The third-order valence-electron chi connectivity index (χ3n) is 3.37. The normalized spacial score (nSPS) is 24.2. The number of hydrogen-bond donors (Lipinski definition) is 1. The minimum Gasteiger partial charge on any atom is -0.464 e. The van der Waals surface area contributed by atoms with Crippen molar-refractivity contribution in [1.29, 1.82) is 0 Å². The van der Waals surface area contributed by atoms with Gasteiger partial charge >= 0.3 is 5.97 Å². The van der Waals surface area contributed by atoms with Crippen LogP contribution in [0, 0.1) is 0 Å². The molecule has 0 amide bonds. The van der Waals surface area contributed by atoms with Crippen LogP contribution in [0.25, 0.3) is 0 Å². The lowest BCUT2D eigenvalue weighted by molar-refractivity contribution is -0.148. The van der Waals surface area contributed by atoms with Gasteiger partial charge in [-0.2, -0.15) is 0 Å². The van der Waals surface area contributed by atoms with Gasteiger partial charge in [-0.3, -0.25) is 4.90 Å². The molecule has 5 heteroatoms. The molecule has 106 valence electrons. The summed E-state index contributed by atoms with van der Waals surface area (Å²) in [6.07, 6.45) is 3.99. The van der Waals surface area contributed by atoms with Gasteiger partial charge in [-0.05, 0) is 26.8 Å². The number of nitrogens with zero attached hydrogens (tertiary/aromatic N) is 1. The maximum Gasteiger partial charge on any atom is 0.332 e. The molecule has 5 nitrogen and oxygen atoms in total. The van der Waals surface area contributed by atoms with Crippen LogP contribution in [0.4, 0.5) is 0 Å². The maximum atomic E-state index is 11.0. The van der Waals surface area contributed by atoms with Crippen LogP contribution in [0.15, 0.2) is 0 Å². The molecule has 0 aliphatic heterocycles. The molecule has 18 heavy (non-hydrogen) atoms. The zero-order valence-corrected chi connectivity index (χ0v) is 11.4. The van der Waals surface area contributed by atoms with Crippen LogP contribution >= 0.6 is 0 Å². The lowest BCUT2D eigenvalue weighted by atomic mass is 9.92. The van der Waals surface area contributed by atoms with E-state index in [9.17, 15) is 9.90 Å². The number of rotatable bonds is 7. The molecular weight excluding hydrogens is 234 g/mol. The van der Waals surface area contributed by atoms with Gasteiger partial charge in [0.05, 0.1) is 19.3 Å². The fourth-order valence-corrected chi connectivity index (χ4v) is 2.34. The summed E-state index contributed by atoms with van der Waals surface area (Å²) in [7, 11) is 1.99. The van der Waals surface area contributed by atoms with E-state index in [2.05, 4.69) is 4.90 Å². The quantitative estimate of drug-likeness (QED) is 0.541. The molecule has 2 unspecified atom stereocenters. The summed E-state index contributed by atoms with van der Waals surface area (Å²) in [6.45, 7) is 3.38. The third kappa shape index (κ3) is 5.33. The van der Waals surface area contributed by atoms with Crippen molar-refractivity contribution in [1.82, 2.24) is 4.90 Å². The van der Waals surface area contributed by atoms with E-state index in [-0.39, 0.29) is 24.7 Å². The second-order valence-electron chi connectivity index (χ2n) is 4.76. The van der Waals surface area contributed by atoms with Gasteiger partial charge in [0.25, 0.3) is 0 Å². The Morgan fingerprint density at radius 2 is 2.11 bits per heavy atom. The summed E-state index contributed by atoms with van der Waals surface area (Å²) in [5.74, 6) is -0.321. The number of aliphatic hydroxyl groups is 1. The molecule has 2 atom stereocenters. The molecule has 0 aromatic carbocycles. The van der Waals surface area contributed by atoms with Gasteiger partial charge in [-0.25, -0.2) is 4.79 Å². The van der Waals surface area contributed by atoms with E-state index < -0.39 is 0 Å². The van der Waals surface area contributed by atoms with E-state index in [4.69, 9.17) is 9.47 Å². The van der Waals surface area contributed by atoms with E-state index in [0.29, 0.717) is 13.2 Å². The summed E-state index contributed by atoms with van der Waals surface area (Å²) in [5.41, 5.74) is 0. The molecule has 1 aliphatic rings. The van der Waals surface area contributed by atoms with Crippen LogP contribution in [-0.2, 0) is 14.3 Å². The minimum atomic E-state index is -0.321. The van der Waals surface area contributed by atoms with Crippen LogP contribution in [-0.4, -0.2) is 61.5 Å². The number of hydrogen-bond acceptors (Lipinski definition) is 5. The zero-order valence-electron chi connectivity index (χ0n) is 11.4. The van der Waals surface area contributed by atoms with Crippen LogP contribution in [0.2, 0.25) is 0 Å². The Labute approximate surface area is 109 Å². The average Bonchev–Trinajstić information content (AvgIpc) is 2.35. The molecule has 0 spiro atoms. The first-order valence-corrected chi connectivity index (χ1v) is 6.76. The van der Waals surface area contributed by atoms with Crippen LogP contribution < -0.4 is 0 Å². The summed E-state index contributed by atoms with van der Waals surface area (Å²) < 4.78 is 10.0. The highest BCUT2D eigenvalue weighted by atomic mass is 16.6. The van der Waals surface area contributed by atoms with Gasteiger partial charge in [0.2, 0.25) is 0 Å². The van der Waals surface area contributed by atoms with Crippen molar-refractivity contribution in [2.45, 2.75) is 44.8 Å². The Morgan fingerprint density at radius 3 is 2.78 bits per heavy atom. The zero-order chi connectivity index (χ0) is 13.4. The predicted octanol–water partition coefficient (Wildman–Crippen LogP) is 0.801. The standard InChI is InChI=1S/C13H25NO4/c1-3-18-13(16)10-17-9-8-14(2)11-6-4-5-7-12(11)15/h11-12,15H,3-10H2,1-2H3. The Hall–Kier alpha value is -0.650. The fourth-order valence-electron chi connectivity index (χ4n) is 2.34. The van der Waals surface area contributed by atoms with Gasteiger partial charge < -0.3 is 14.6 Å². The van der Waals surface area contributed by atoms with Crippen LogP contribution in [0.3, 0.4) is 0 Å². The smallest absolute Gasteiger partial charge is 0.332 e. The molecule has 0 aromatic rings. The number of esters is 1. The Kier molecular flexibility index (Phi) is 7.23. The molecule has 0 heterocycles. The number of aliphatic hydroxyl groups excluding tert-OH is 1. The van der Waals surface area contributed by atoms with Crippen molar-refractivity contribution in [3.8, 4) is 0 Å². The minimum absolute atomic E-state index is 0.00883. The highest BCUT2D eigenvalue weighted by molar-refractivity contribution is 5.70. The summed E-state index contributed by atoms with van der Waals surface area (Å²) >= 11 is 0. The van der Waals surface area contributed by atoms with Crippen molar-refractivity contribution >= 4 is 5.97 Å². The largest absolute Gasteiger partial charge is 0.464 e. The molecule has 0 radical (unpaired) electrons. The summed E-state index contributed by atoms with van der Waals surface area (Å²) in [5, 5.41) is 9.90. The summed E-state index contributed by atoms with van der Waals surface area (Å²) in [6, 6.07) is 0.227. The summed E-state index contributed by atoms with van der Waals surface area (Å²) in [4.78, 5) is 13.2. The second kappa shape index (κ2) is 8.45. The van der Waals surface area contributed by atoms with E-state index in [0.717, 1.165) is 25.8 Å². The van der Waals surface area contributed by atoms with E-state index >= 15 is 0 Å². The number of ether oxygens (including phenoxy) is 2. The first-order chi connectivity index (χ1) is 8.65. The van der Waals surface area contributed by atoms with Crippen molar-refractivity contribution in [2.24, 2.45) is 0 Å². The molecule has 0 aromatic heterocycles. The van der Waals surface area contributed by atoms with Gasteiger partial charge in [0, 0.05) is 12.6 Å². The van der Waals surface area contributed by atoms with Crippen LogP contribution in [0.5, 0.6) is 0 Å². The number of likely N-dealkylation sites (N-methyl/N-ethyl adjacent to an activating group) is 1. The van der Waals surface area contributed by atoms with Crippen molar-refractivity contribution in [3.63, 3.8) is 0 Å². The maximum absolute atomic E-state index is 11.0. The van der Waals surface area contributed by atoms with Crippen LogP contribution in [0.1, 0.15) is 32.6 Å². The topological polar surface area (TPSA) is 59.0 Å². The number of carbonyl (C=O) groups excluding carboxylic acids is 1. The van der Waals surface area contributed by atoms with Gasteiger partial charge in [-0.1, -0.05) is 12.8 Å². The molecular formula is C13H25NO4. The molecule has 1 saturated carbocycles. The van der Waals surface area contributed by atoms with Crippen molar-refractivity contribution in [3.05, 3.63) is 0 Å². The Bertz CT molecular complexity index is 247. The Morgan fingerprint density at radius 1 is 1.39 bits per heavy atom. The Balaban J connectivity index is 2.12. The van der Waals surface area contributed by atoms with Crippen molar-refractivity contribution in [2.75, 3.05) is 33.4 Å². The second-order valence-corrected chi connectivity index (χ2v) is 4.76. The average molecular weight is 259 g/mol. The van der Waals surface area contributed by atoms with Gasteiger partial charge in [0.1, 0.15) is 6.61 Å². The number of carbonyl (C=O) groups is 1. The van der Waals surface area contributed by atoms with E-state index in [1.165, 1.54) is 6.42 Å². The highest BCUT2D eigenvalue weighted by Crippen LogP contribution is 2.21. The van der Waals surface area contributed by atoms with Crippen molar-refractivity contribution < 1.29 is 19.4 Å². The van der Waals surface area contributed by atoms with E-state index in [1.54, 1.807) is 6.92 Å². The molecule has 1 aliphatic carbocycles. The SMILES string of the molecule is CCOC(=O)COCCN(C)C1CCCCC1O. The lowest BCUT2D eigenvalue weighted by Gasteiger charge is -2.35. The first-order valence-electron chi connectivity index (χ1n) is 6.76. The third-order valence-corrected chi connectivity index (χ3v) is 3.37. The molecule has 1 rings (SSSR count). The predicted molar refractivity (Wildman–Crippen MR) is 68.3 cm³/mol. The monoisotopic (exact) mass is 259 g/mol. The lowest BCUT2D eigenvalue weighted by Crippen LogP contribution is -2.44. The molecule has 0 saturated heterocycles. The molecule has 1 N–H and O–H groups in total. The molecule has 0 bridgehead atoms. The highest BCUT2D eigenvalue weighted by Gasteiger charge is 2.26. The van der Waals surface area contributed by atoms with Gasteiger partial charge in [-0.15, -0.1) is 0 Å². The fraction of sp³-hybridized carbons (Fsp3) is 0.923. The molecule has 1 fully saturated rings.